The summed E-state index contributed by atoms with van der Waals surface area (Å²) in [4.78, 5) is 7.02. The van der Waals surface area contributed by atoms with Crippen LogP contribution in [0.1, 0.15) is 18.9 Å². The Morgan fingerprint density at radius 2 is 1.97 bits per heavy atom. The van der Waals surface area contributed by atoms with Gasteiger partial charge in [-0.25, -0.2) is 8.42 Å². The molecule has 0 saturated carbocycles. The van der Waals surface area contributed by atoms with Crippen molar-refractivity contribution < 1.29 is 8.42 Å². The second-order valence-corrected chi connectivity index (χ2v) is 9.80. The molecular formula is C22H28IN3O2S. The van der Waals surface area contributed by atoms with E-state index in [0.29, 0.717) is 12.3 Å². The van der Waals surface area contributed by atoms with Crippen LogP contribution in [0.15, 0.2) is 53.5 Å². The molecule has 0 aromatic heterocycles. The molecule has 2 aromatic carbocycles. The van der Waals surface area contributed by atoms with Crippen molar-refractivity contribution in [2.24, 2.45) is 10.9 Å². The molecule has 1 atom stereocenters. The first-order chi connectivity index (χ1) is 13.6. The molecule has 0 radical (unpaired) electrons. The fraction of sp³-hybridized carbons (Fsp3) is 0.409. The Balaban J connectivity index is 0.00000240. The number of hydrogen-bond donors (Lipinski definition) is 1. The molecule has 0 bridgehead atoms. The van der Waals surface area contributed by atoms with Gasteiger partial charge in [-0.3, -0.25) is 4.99 Å². The number of benzene rings is 2. The van der Waals surface area contributed by atoms with Gasteiger partial charge >= 0.3 is 0 Å². The van der Waals surface area contributed by atoms with Crippen LogP contribution in [-0.2, 0) is 16.3 Å². The van der Waals surface area contributed by atoms with Gasteiger partial charge in [0, 0.05) is 25.3 Å². The van der Waals surface area contributed by atoms with E-state index in [1.807, 2.05) is 6.07 Å². The number of fused-ring (bicyclic) bond motifs is 1. The number of halogens is 1. The lowest BCUT2D eigenvalue weighted by atomic mass is 10.0. The Hall–Kier alpha value is -1.61. The van der Waals surface area contributed by atoms with Crippen LogP contribution in [0, 0.1) is 5.92 Å². The number of rotatable bonds is 4. The third-order valence-corrected chi connectivity index (χ3v) is 7.34. The van der Waals surface area contributed by atoms with Crippen LogP contribution in [0.2, 0.25) is 0 Å². The quantitative estimate of drug-likeness (QED) is 0.376. The minimum absolute atomic E-state index is 0. The van der Waals surface area contributed by atoms with Gasteiger partial charge in [-0.2, -0.15) is 0 Å². The van der Waals surface area contributed by atoms with Crippen molar-refractivity contribution >= 4 is 45.5 Å². The maximum absolute atomic E-state index is 11.7. The van der Waals surface area contributed by atoms with Crippen molar-refractivity contribution in [1.29, 1.82) is 0 Å². The third kappa shape index (κ3) is 5.12. The lowest BCUT2D eigenvalue weighted by molar-refractivity contribution is 0.590. The highest BCUT2D eigenvalue weighted by molar-refractivity contribution is 14.0. The summed E-state index contributed by atoms with van der Waals surface area (Å²) in [5, 5.41) is 3.38. The first-order valence-electron chi connectivity index (χ1n) is 10.0. The maximum Gasteiger partial charge on any atom is 0.198 e. The fourth-order valence-electron chi connectivity index (χ4n) is 4.06. The van der Waals surface area contributed by atoms with Crippen LogP contribution < -0.4 is 10.2 Å². The van der Waals surface area contributed by atoms with Crippen LogP contribution in [0.3, 0.4) is 0 Å². The molecule has 0 amide bonds. The van der Waals surface area contributed by atoms with E-state index in [9.17, 15) is 8.42 Å². The summed E-state index contributed by atoms with van der Waals surface area (Å²) >= 11 is 0. The number of guanidine groups is 1. The Bertz CT molecular complexity index is 977. The van der Waals surface area contributed by atoms with Crippen molar-refractivity contribution in [3.63, 3.8) is 0 Å². The number of hydrogen-bond acceptors (Lipinski definition) is 3. The van der Waals surface area contributed by atoms with Crippen molar-refractivity contribution in [3.8, 4) is 11.1 Å². The zero-order chi connectivity index (χ0) is 19.6. The molecule has 2 aliphatic heterocycles. The van der Waals surface area contributed by atoms with E-state index in [4.69, 9.17) is 4.99 Å². The van der Waals surface area contributed by atoms with Gasteiger partial charge in [0.05, 0.1) is 11.5 Å². The van der Waals surface area contributed by atoms with Crippen LogP contribution in [0.25, 0.3) is 11.1 Å². The highest BCUT2D eigenvalue weighted by Gasteiger charge is 2.28. The summed E-state index contributed by atoms with van der Waals surface area (Å²) in [6, 6.07) is 17.1. The number of nitrogens with one attached hydrogen (secondary N) is 1. The predicted molar refractivity (Wildman–Crippen MR) is 131 cm³/mol. The van der Waals surface area contributed by atoms with Crippen LogP contribution in [0.5, 0.6) is 0 Å². The van der Waals surface area contributed by atoms with Gasteiger partial charge in [0.1, 0.15) is 0 Å². The van der Waals surface area contributed by atoms with Gasteiger partial charge < -0.3 is 10.2 Å². The Morgan fingerprint density at radius 3 is 2.66 bits per heavy atom. The average molecular weight is 525 g/mol. The number of anilines is 1. The van der Waals surface area contributed by atoms with Gasteiger partial charge in [0.25, 0.3) is 0 Å². The molecule has 7 heteroatoms. The molecule has 0 spiro atoms. The van der Waals surface area contributed by atoms with Crippen molar-refractivity contribution in [3.05, 3.63) is 54.1 Å². The van der Waals surface area contributed by atoms with E-state index in [-0.39, 0.29) is 35.6 Å². The van der Waals surface area contributed by atoms with E-state index >= 15 is 0 Å². The zero-order valence-electron chi connectivity index (χ0n) is 16.7. The largest absolute Gasteiger partial charge is 0.356 e. The van der Waals surface area contributed by atoms with Gasteiger partial charge in [0.15, 0.2) is 15.8 Å². The predicted octanol–water partition coefficient (Wildman–Crippen LogP) is 3.73. The monoisotopic (exact) mass is 525 g/mol. The molecule has 2 aliphatic rings. The minimum atomic E-state index is -2.86. The van der Waals surface area contributed by atoms with Crippen molar-refractivity contribution in [2.45, 2.75) is 19.8 Å². The second-order valence-electron chi connectivity index (χ2n) is 7.57. The molecular weight excluding hydrogens is 497 g/mol. The molecule has 156 valence electrons. The van der Waals surface area contributed by atoms with E-state index in [1.165, 1.54) is 22.4 Å². The molecule has 0 aliphatic carbocycles. The zero-order valence-corrected chi connectivity index (χ0v) is 19.8. The molecule has 1 N–H and O–H groups in total. The summed E-state index contributed by atoms with van der Waals surface area (Å²) in [5.74, 6) is 1.57. The minimum Gasteiger partial charge on any atom is -0.356 e. The van der Waals surface area contributed by atoms with Crippen molar-refractivity contribution in [1.82, 2.24) is 5.32 Å². The maximum atomic E-state index is 11.7. The topological polar surface area (TPSA) is 61.8 Å². The highest BCUT2D eigenvalue weighted by Crippen LogP contribution is 2.32. The molecule has 1 unspecified atom stereocenters. The molecule has 5 nitrogen and oxygen atoms in total. The summed E-state index contributed by atoms with van der Waals surface area (Å²) in [7, 11) is -2.86. The van der Waals surface area contributed by atoms with Gasteiger partial charge in [0.2, 0.25) is 0 Å². The van der Waals surface area contributed by atoms with Crippen LogP contribution in [-0.4, -0.2) is 45.5 Å². The number of nitrogens with zero attached hydrogens (tertiary/aromatic N) is 2. The van der Waals surface area contributed by atoms with Gasteiger partial charge in [-0.1, -0.05) is 36.4 Å². The van der Waals surface area contributed by atoms with Gasteiger partial charge in [-0.05, 0) is 54.5 Å². The Labute approximate surface area is 190 Å². The summed E-state index contributed by atoms with van der Waals surface area (Å²) in [6.45, 7) is 4.30. The lowest BCUT2D eigenvalue weighted by Crippen LogP contribution is -2.41. The molecule has 1 fully saturated rings. The first-order valence-corrected chi connectivity index (χ1v) is 11.8. The standard InChI is InChI=1S/C22H27N3O2S.HI/c1-2-23-22(24-15-17-11-13-28(26,27)16-17)25-12-10-20-14-19(8-9-21(20)25)18-6-4-3-5-7-18;/h3-9,14,17H,2,10-13,15-16H2,1H3,(H,23,24);1H. The number of sulfone groups is 1. The molecule has 1 saturated heterocycles. The number of aliphatic imine (C=N–C) groups is 1. The molecule has 2 aromatic rings. The first kappa shape index (κ1) is 22.1. The smallest absolute Gasteiger partial charge is 0.198 e. The van der Waals surface area contributed by atoms with E-state index in [0.717, 1.165) is 31.9 Å². The highest BCUT2D eigenvalue weighted by atomic mass is 127. The summed E-state index contributed by atoms with van der Waals surface area (Å²) in [5.41, 5.74) is 4.99. The Kier molecular flexibility index (Phi) is 7.21. The van der Waals surface area contributed by atoms with E-state index in [2.05, 4.69) is 59.6 Å². The SMILES string of the molecule is CCNC(=NCC1CCS(=O)(=O)C1)N1CCc2cc(-c3ccccc3)ccc21.I. The van der Waals surface area contributed by atoms with E-state index < -0.39 is 9.84 Å². The summed E-state index contributed by atoms with van der Waals surface area (Å²) in [6.07, 6.45) is 1.71. The second kappa shape index (κ2) is 9.47. The molecule has 2 heterocycles. The fourth-order valence-corrected chi connectivity index (χ4v) is 5.91. The molecule has 4 rings (SSSR count). The normalized spacial score (nSPS) is 20.2. The van der Waals surface area contributed by atoms with Crippen LogP contribution >= 0.6 is 24.0 Å². The third-order valence-electron chi connectivity index (χ3n) is 5.50. The van der Waals surface area contributed by atoms with E-state index in [1.54, 1.807) is 0 Å². The molecule has 29 heavy (non-hydrogen) atoms. The van der Waals surface area contributed by atoms with Crippen molar-refractivity contribution in [2.75, 3.05) is 36.0 Å². The average Bonchev–Trinajstić information content (AvgIpc) is 3.28. The Morgan fingerprint density at radius 1 is 1.17 bits per heavy atom. The van der Waals surface area contributed by atoms with Crippen LogP contribution in [0.4, 0.5) is 5.69 Å². The lowest BCUT2D eigenvalue weighted by Gasteiger charge is -2.23. The van der Waals surface area contributed by atoms with Gasteiger partial charge in [-0.15, -0.1) is 24.0 Å². The summed E-state index contributed by atoms with van der Waals surface area (Å²) < 4.78 is 23.4.